The number of nitrogens with two attached hydrogens (primary N) is 1. The van der Waals surface area contributed by atoms with E-state index in [0.717, 1.165) is 30.4 Å². The SMILES string of the molecule is CCC(N)Cc1ccc(N2CC(C)OC(C)C2)c(Br)c1. The van der Waals surface area contributed by atoms with Gasteiger partial charge in [0.25, 0.3) is 0 Å². The Bertz CT molecular complexity index is 442. The van der Waals surface area contributed by atoms with E-state index < -0.39 is 0 Å². The Kier molecular flexibility index (Phi) is 5.47. The van der Waals surface area contributed by atoms with Gasteiger partial charge in [-0.15, -0.1) is 0 Å². The van der Waals surface area contributed by atoms with Crippen molar-refractivity contribution in [3.05, 3.63) is 28.2 Å². The number of ether oxygens (including phenoxy) is 1. The summed E-state index contributed by atoms with van der Waals surface area (Å²) in [5, 5.41) is 0. The van der Waals surface area contributed by atoms with Gasteiger partial charge in [0.05, 0.1) is 17.9 Å². The van der Waals surface area contributed by atoms with Gasteiger partial charge in [0, 0.05) is 23.6 Å². The molecule has 0 saturated carbocycles. The number of hydrogen-bond acceptors (Lipinski definition) is 3. The van der Waals surface area contributed by atoms with Gasteiger partial charge in [0.1, 0.15) is 0 Å². The van der Waals surface area contributed by atoms with E-state index in [0.29, 0.717) is 0 Å². The zero-order valence-corrected chi connectivity index (χ0v) is 14.2. The summed E-state index contributed by atoms with van der Waals surface area (Å²) in [4.78, 5) is 2.40. The van der Waals surface area contributed by atoms with Crippen molar-refractivity contribution >= 4 is 21.6 Å². The Morgan fingerprint density at radius 3 is 2.55 bits per heavy atom. The lowest BCUT2D eigenvalue weighted by Crippen LogP contribution is -2.45. The molecule has 1 fully saturated rings. The molecule has 4 heteroatoms. The summed E-state index contributed by atoms with van der Waals surface area (Å²) in [5.74, 6) is 0. The molecule has 1 aromatic rings. The molecule has 0 spiro atoms. The number of rotatable bonds is 4. The molecule has 2 N–H and O–H groups in total. The third-order valence-electron chi connectivity index (χ3n) is 3.79. The number of halogens is 1. The predicted octanol–water partition coefficient (Wildman–Crippen LogP) is 3.34. The maximum Gasteiger partial charge on any atom is 0.0726 e. The van der Waals surface area contributed by atoms with Crippen molar-refractivity contribution in [3.63, 3.8) is 0 Å². The molecular weight excluding hydrogens is 316 g/mol. The van der Waals surface area contributed by atoms with Crippen LogP contribution in [0.2, 0.25) is 0 Å². The molecule has 0 bridgehead atoms. The van der Waals surface area contributed by atoms with E-state index in [9.17, 15) is 0 Å². The highest BCUT2D eigenvalue weighted by Crippen LogP contribution is 2.30. The van der Waals surface area contributed by atoms with Gasteiger partial charge in [-0.25, -0.2) is 0 Å². The third-order valence-corrected chi connectivity index (χ3v) is 4.43. The summed E-state index contributed by atoms with van der Waals surface area (Å²) < 4.78 is 6.95. The second kappa shape index (κ2) is 6.92. The normalized spacial score (nSPS) is 24.8. The molecule has 3 unspecified atom stereocenters. The first-order valence-electron chi connectivity index (χ1n) is 7.44. The van der Waals surface area contributed by atoms with Gasteiger partial charge in [0.15, 0.2) is 0 Å². The maximum absolute atomic E-state index is 6.03. The van der Waals surface area contributed by atoms with E-state index in [1.807, 2.05) is 0 Å². The number of morpholine rings is 1. The summed E-state index contributed by atoms with van der Waals surface area (Å²) in [7, 11) is 0. The summed E-state index contributed by atoms with van der Waals surface area (Å²) in [6, 6.07) is 6.85. The molecule has 1 aliphatic rings. The number of hydrogen-bond donors (Lipinski definition) is 1. The molecule has 0 radical (unpaired) electrons. The standard InChI is InChI=1S/C16H25BrN2O/c1-4-14(18)7-13-5-6-16(15(17)8-13)19-9-11(2)20-12(3)10-19/h5-6,8,11-12,14H,4,7,9-10,18H2,1-3H3. The molecule has 2 rings (SSSR count). The van der Waals surface area contributed by atoms with Crippen LogP contribution in [0.4, 0.5) is 5.69 Å². The van der Waals surface area contributed by atoms with Crippen molar-refractivity contribution < 1.29 is 4.74 Å². The lowest BCUT2D eigenvalue weighted by Gasteiger charge is -2.37. The molecule has 1 aliphatic heterocycles. The predicted molar refractivity (Wildman–Crippen MR) is 88.3 cm³/mol. The quantitative estimate of drug-likeness (QED) is 0.913. The average Bonchev–Trinajstić information content (AvgIpc) is 2.37. The maximum atomic E-state index is 6.03. The Morgan fingerprint density at radius 1 is 1.35 bits per heavy atom. The molecule has 0 aliphatic carbocycles. The molecule has 3 atom stereocenters. The zero-order chi connectivity index (χ0) is 14.7. The summed E-state index contributed by atoms with van der Waals surface area (Å²) in [5.41, 5.74) is 8.58. The summed E-state index contributed by atoms with van der Waals surface area (Å²) >= 11 is 3.71. The Hall–Kier alpha value is -0.580. The second-order valence-corrected chi connectivity index (χ2v) is 6.67. The first-order chi connectivity index (χ1) is 9.49. The van der Waals surface area contributed by atoms with Crippen LogP contribution in [-0.4, -0.2) is 31.3 Å². The second-order valence-electron chi connectivity index (χ2n) is 5.82. The van der Waals surface area contributed by atoms with Crippen LogP contribution < -0.4 is 10.6 Å². The lowest BCUT2D eigenvalue weighted by atomic mass is 10.0. The van der Waals surface area contributed by atoms with E-state index >= 15 is 0 Å². The van der Waals surface area contributed by atoms with Crippen molar-refractivity contribution in [3.8, 4) is 0 Å². The molecule has 1 aromatic carbocycles. The topological polar surface area (TPSA) is 38.5 Å². The van der Waals surface area contributed by atoms with Gasteiger partial charge in [-0.2, -0.15) is 0 Å². The molecule has 112 valence electrons. The minimum atomic E-state index is 0.246. The molecule has 1 heterocycles. The van der Waals surface area contributed by atoms with Crippen LogP contribution in [0.25, 0.3) is 0 Å². The highest BCUT2D eigenvalue weighted by molar-refractivity contribution is 9.10. The average molecular weight is 341 g/mol. The summed E-state index contributed by atoms with van der Waals surface area (Å²) in [6.45, 7) is 8.27. The van der Waals surface area contributed by atoms with Crippen molar-refractivity contribution in [2.45, 2.75) is 51.9 Å². The highest BCUT2D eigenvalue weighted by atomic mass is 79.9. The highest BCUT2D eigenvalue weighted by Gasteiger charge is 2.23. The van der Waals surface area contributed by atoms with Crippen molar-refractivity contribution in [2.75, 3.05) is 18.0 Å². The summed E-state index contributed by atoms with van der Waals surface area (Å²) in [6.07, 6.45) is 2.50. The van der Waals surface area contributed by atoms with Crippen molar-refractivity contribution in [2.24, 2.45) is 5.73 Å². The number of nitrogens with zero attached hydrogens (tertiary/aromatic N) is 1. The molecule has 0 amide bonds. The van der Waals surface area contributed by atoms with Gasteiger partial charge in [-0.3, -0.25) is 0 Å². The van der Waals surface area contributed by atoms with Gasteiger partial charge in [0.2, 0.25) is 0 Å². The minimum Gasteiger partial charge on any atom is -0.372 e. The Labute approximate surface area is 130 Å². The molecular formula is C16H25BrN2O. The van der Waals surface area contributed by atoms with Gasteiger partial charge >= 0.3 is 0 Å². The first-order valence-corrected chi connectivity index (χ1v) is 8.23. The Balaban J connectivity index is 2.13. The fraction of sp³-hybridized carbons (Fsp3) is 0.625. The fourth-order valence-corrected chi connectivity index (χ4v) is 3.43. The monoisotopic (exact) mass is 340 g/mol. The van der Waals surface area contributed by atoms with E-state index in [-0.39, 0.29) is 18.2 Å². The minimum absolute atomic E-state index is 0.246. The van der Waals surface area contributed by atoms with Crippen molar-refractivity contribution in [1.29, 1.82) is 0 Å². The number of anilines is 1. The van der Waals surface area contributed by atoms with Crippen LogP contribution in [0.3, 0.4) is 0 Å². The fourth-order valence-electron chi connectivity index (χ4n) is 2.76. The van der Waals surface area contributed by atoms with Crippen LogP contribution in [0.15, 0.2) is 22.7 Å². The smallest absolute Gasteiger partial charge is 0.0726 e. The van der Waals surface area contributed by atoms with Gasteiger partial charge in [-0.1, -0.05) is 13.0 Å². The zero-order valence-electron chi connectivity index (χ0n) is 12.6. The van der Waals surface area contributed by atoms with Gasteiger partial charge < -0.3 is 15.4 Å². The molecule has 3 nitrogen and oxygen atoms in total. The van der Waals surface area contributed by atoms with Crippen LogP contribution in [0.5, 0.6) is 0 Å². The number of benzene rings is 1. The van der Waals surface area contributed by atoms with Crippen molar-refractivity contribution in [1.82, 2.24) is 0 Å². The van der Waals surface area contributed by atoms with E-state index in [2.05, 4.69) is 59.8 Å². The largest absolute Gasteiger partial charge is 0.372 e. The first kappa shape index (κ1) is 15.8. The van der Waals surface area contributed by atoms with E-state index in [4.69, 9.17) is 10.5 Å². The Morgan fingerprint density at radius 2 is 2.00 bits per heavy atom. The van der Waals surface area contributed by atoms with Gasteiger partial charge in [-0.05, 0) is 60.3 Å². The van der Waals surface area contributed by atoms with Crippen LogP contribution in [0.1, 0.15) is 32.8 Å². The van der Waals surface area contributed by atoms with Crippen LogP contribution in [0, 0.1) is 0 Å². The van der Waals surface area contributed by atoms with Crippen LogP contribution in [-0.2, 0) is 11.2 Å². The van der Waals surface area contributed by atoms with E-state index in [1.54, 1.807) is 0 Å². The lowest BCUT2D eigenvalue weighted by molar-refractivity contribution is -0.00525. The van der Waals surface area contributed by atoms with Crippen LogP contribution >= 0.6 is 15.9 Å². The molecule has 0 aromatic heterocycles. The molecule has 20 heavy (non-hydrogen) atoms. The third kappa shape index (κ3) is 3.96. The molecule has 1 saturated heterocycles. The van der Waals surface area contributed by atoms with E-state index in [1.165, 1.54) is 11.3 Å².